The molecule has 0 unspecified atom stereocenters. The summed E-state index contributed by atoms with van der Waals surface area (Å²) in [6, 6.07) is 12.6. The molecule has 0 spiro atoms. The predicted octanol–water partition coefficient (Wildman–Crippen LogP) is 3.41. The number of rotatable bonds is 5. The molecule has 136 valence electrons. The van der Waals surface area contributed by atoms with Crippen LogP contribution in [0.4, 0.5) is 5.69 Å². The standard InChI is InChI=1S/C21H18N2O4/c1-12-17-8-5-14(23-15-10-19(24)22-11-15)9-18(17)27-21(12)20(25)13-3-6-16(26-2)7-4-13/h3-10,23H,11H2,1-2H3,(H,22,24). The van der Waals surface area contributed by atoms with Gasteiger partial charge in [-0.1, -0.05) is 0 Å². The van der Waals surface area contributed by atoms with Gasteiger partial charge in [-0.3, -0.25) is 9.59 Å². The van der Waals surface area contributed by atoms with Crippen molar-refractivity contribution >= 4 is 28.3 Å². The van der Waals surface area contributed by atoms with Crippen LogP contribution in [0, 0.1) is 6.92 Å². The van der Waals surface area contributed by atoms with Gasteiger partial charge < -0.3 is 19.8 Å². The number of hydrogen-bond acceptors (Lipinski definition) is 5. The lowest BCUT2D eigenvalue weighted by Gasteiger charge is -2.05. The van der Waals surface area contributed by atoms with Gasteiger partial charge in [0.15, 0.2) is 5.76 Å². The molecule has 0 fully saturated rings. The van der Waals surface area contributed by atoms with Crippen LogP contribution >= 0.6 is 0 Å². The molecule has 27 heavy (non-hydrogen) atoms. The fourth-order valence-electron chi connectivity index (χ4n) is 3.10. The first-order chi connectivity index (χ1) is 13.0. The van der Waals surface area contributed by atoms with Crippen molar-refractivity contribution in [3.05, 3.63) is 71.1 Å². The highest BCUT2D eigenvalue weighted by Gasteiger charge is 2.20. The predicted molar refractivity (Wildman–Crippen MR) is 102 cm³/mol. The Hall–Kier alpha value is -3.54. The third-order valence-corrected chi connectivity index (χ3v) is 4.56. The van der Waals surface area contributed by atoms with E-state index in [1.54, 1.807) is 31.4 Å². The highest BCUT2D eigenvalue weighted by Crippen LogP contribution is 2.30. The highest BCUT2D eigenvalue weighted by atomic mass is 16.5. The van der Waals surface area contributed by atoms with Crippen molar-refractivity contribution in [3.63, 3.8) is 0 Å². The van der Waals surface area contributed by atoms with Gasteiger partial charge in [-0.2, -0.15) is 0 Å². The average Bonchev–Trinajstić information content (AvgIpc) is 3.24. The number of ether oxygens (including phenoxy) is 1. The molecular formula is C21H18N2O4. The molecule has 4 rings (SSSR count). The van der Waals surface area contributed by atoms with E-state index in [0.717, 1.165) is 22.3 Å². The number of carbonyl (C=O) groups excluding carboxylic acids is 2. The number of benzene rings is 2. The summed E-state index contributed by atoms with van der Waals surface area (Å²) in [6.45, 7) is 2.34. The Morgan fingerprint density at radius 1 is 1.19 bits per heavy atom. The van der Waals surface area contributed by atoms with Gasteiger partial charge in [-0.25, -0.2) is 0 Å². The van der Waals surface area contributed by atoms with Crippen molar-refractivity contribution in [1.82, 2.24) is 5.32 Å². The fraction of sp³-hybridized carbons (Fsp3) is 0.143. The molecule has 1 aromatic heterocycles. The maximum atomic E-state index is 12.8. The molecule has 6 nitrogen and oxygen atoms in total. The van der Waals surface area contributed by atoms with Crippen molar-refractivity contribution in [2.45, 2.75) is 6.92 Å². The molecule has 0 radical (unpaired) electrons. The normalized spacial score (nSPS) is 13.4. The summed E-state index contributed by atoms with van der Waals surface area (Å²) in [5.74, 6) is 0.732. The van der Waals surface area contributed by atoms with Gasteiger partial charge in [-0.05, 0) is 43.3 Å². The van der Waals surface area contributed by atoms with Crippen LogP contribution in [-0.4, -0.2) is 25.3 Å². The van der Waals surface area contributed by atoms with Crippen LogP contribution in [0.2, 0.25) is 0 Å². The summed E-state index contributed by atoms with van der Waals surface area (Å²) in [5.41, 5.74) is 3.54. The maximum Gasteiger partial charge on any atom is 0.246 e. The van der Waals surface area contributed by atoms with E-state index in [1.165, 1.54) is 6.08 Å². The van der Waals surface area contributed by atoms with E-state index in [0.29, 0.717) is 29.2 Å². The number of furan rings is 1. The second kappa shape index (κ2) is 6.64. The van der Waals surface area contributed by atoms with Crippen LogP contribution in [0.1, 0.15) is 21.7 Å². The van der Waals surface area contributed by atoms with E-state index in [-0.39, 0.29) is 11.7 Å². The van der Waals surface area contributed by atoms with E-state index in [4.69, 9.17) is 9.15 Å². The highest BCUT2D eigenvalue weighted by molar-refractivity contribution is 6.10. The van der Waals surface area contributed by atoms with Gasteiger partial charge in [0.25, 0.3) is 0 Å². The Bertz CT molecular complexity index is 1080. The molecule has 0 saturated heterocycles. The first kappa shape index (κ1) is 16.9. The minimum atomic E-state index is -0.172. The largest absolute Gasteiger partial charge is 0.497 e. The first-order valence-electron chi connectivity index (χ1n) is 8.52. The van der Waals surface area contributed by atoms with Crippen LogP contribution in [-0.2, 0) is 4.79 Å². The van der Waals surface area contributed by atoms with Gasteiger partial charge in [0.1, 0.15) is 11.3 Å². The summed E-state index contributed by atoms with van der Waals surface area (Å²) in [4.78, 5) is 24.1. The summed E-state index contributed by atoms with van der Waals surface area (Å²) in [6.07, 6.45) is 1.52. The molecule has 1 amide bonds. The number of ketones is 1. The SMILES string of the molecule is COc1ccc(C(=O)c2oc3cc(NC4=CC(=O)NC4)ccc3c2C)cc1. The second-order valence-electron chi connectivity index (χ2n) is 6.34. The second-order valence-corrected chi connectivity index (χ2v) is 6.34. The Balaban J connectivity index is 1.65. The van der Waals surface area contributed by atoms with E-state index in [2.05, 4.69) is 10.6 Å². The van der Waals surface area contributed by atoms with Crippen LogP contribution in [0.25, 0.3) is 11.0 Å². The smallest absolute Gasteiger partial charge is 0.246 e. The monoisotopic (exact) mass is 362 g/mol. The zero-order valence-electron chi connectivity index (χ0n) is 15.0. The molecule has 1 aliphatic rings. The number of fused-ring (bicyclic) bond motifs is 1. The lowest BCUT2D eigenvalue weighted by molar-refractivity contribution is -0.115. The summed E-state index contributed by atoms with van der Waals surface area (Å²) >= 11 is 0. The van der Waals surface area contributed by atoms with E-state index < -0.39 is 0 Å². The van der Waals surface area contributed by atoms with Crippen molar-refractivity contribution < 1.29 is 18.7 Å². The van der Waals surface area contributed by atoms with E-state index >= 15 is 0 Å². The van der Waals surface area contributed by atoms with Crippen molar-refractivity contribution in [1.29, 1.82) is 0 Å². The number of nitrogens with one attached hydrogen (secondary N) is 2. The molecule has 2 heterocycles. The van der Waals surface area contributed by atoms with Crippen molar-refractivity contribution in [2.24, 2.45) is 0 Å². The van der Waals surface area contributed by atoms with Crippen LogP contribution in [0.5, 0.6) is 5.75 Å². The Morgan fingerprint density at radius 3 is 2.63 bits per heavy atom. The Morgan fingerprint density at radius 2 is 1.96 bits per heavy atom. The Kier molecular flexibility index (Phi) is 4.16. The van der Waals surface area contributed by atoms with Gasteiger partial charge in [0.05, 0.1) is 13.7 Å². The van der Waals surface area contributed by atoms with Crippen molar-refractivity contribution in [3.8, 4) is 5.75 Å². The summed E-state index contributed by atoms with van der Waals surface area (Å²) in [7, 11) is 1.58. The van der Waals surface area contributed by atoms with Crippen LogP contribution < -0.4 is 15.4 Å². The molecule has 1 aliphatic heterocycles. The number of hydrogen-bond donors (Lipinski definition) is 2. The van der Waals surface area contributed by atoms with Gasteiger partial charge in [-0.15, -0.1) is 0 Å². The van der Waals surface area contributed by atoms with Crippen LogP contribution in [0.15, 0.2) is 58.7 Å². The number of carbonyl (C=O) groups is 2. The van der Waals surface area contributed by atoms with Gasteiger partial charge in [0.2, 0.25) is 11.7 Å². The molecule has 0 aliphatic carbocycles. The van der Waals surface area contributed by atoms with Gasteiger partial charge in [0, 0.05) is 40.0 Å². The quantitative estimate of drug-likeness (QED) is 0.680. The molecule has 0 saturated carbocycles. The number of anilines is 1. The molecule has 0 bridgehead atoms. The summed E-state index contributed by atoms with van der Waals surface area (Å²) < 4.78 is 11.0. The molecule has 0 atom stereocenters. The third kappa shape index (κ3) is 3.17. The summed E-state index contributed by atoms with van der Waals surface area (Å²) in [5, 5.41) is 6.78. The molecule has 2 aromatic carbocycles. The molecule has 2 N–H and O–H groups in total. The Labute approximate surface area is 155 Å². The maximum absolute atomic E-state index is 12.8. The lowest BCUT2D eigenvalue weighted by Crippen LogP contribution is -2.16. The van der Waals surface area contributed by atoms with Gasteiger partial charge >= 0.3 is 0 Å². The van der Waals surface area contributed by atoms with E-state index in [1.807, 2.05) is 25.1 Å². The van der Waals surface area contributed by atoms with E-state index in [9.17, 15) is 9.59 Å². The minimum absolute atomic E-state index is 0.111. The molecular weight excluding hydrogens is 344 g/mol. The number of amides is 1. The third-order valence-electron chi connectivity index (χ3n) is 4.56. The fourth-order valence-corrected chi connectivity index (χ4v) is 3.10. The first-order valence-corrected chi connectivity index (χ1v) is 8.52. The van der Waals surface area contributed by atoms with Crippen LogP contribution in [0.3, 0.4) is 0 Å². The molecule has 6 heteroatoms. The minimum Gasteiger partial charge on any atom is -0.497 e. The lowest BCUT2D eigenvalue weighted by atomic mass is 10.0. The zero-order valence-corrected chi connectivity index (χ0v) is 15.0. The number of methoxy groups -OCH3 is 1. The zero-order chi connectivity index (χ0) is 19.0. The topological polar surface area (TPSA) is 80.6 Å². The van der Waals surface area contributed by atoms with Crippen molar-refractivity contribution in [2.75, 3.05) is 19.0 Å². The average molecular weight is 362 g/mol. The molecule has 3 aromatic rings. The number of aryl methyl sites for hydroxylation is 1.